The molecule has 0 aromatic rings. The molecule has 20 heteroatoms. The summed E-state index contributed by atoms with van der Waals surface area (Å²) in [5.74, 6) is -51.7. The normalized spacial score (nSPS) is 14.6. The molecule has 0 rings (SSSR count). The predicted octanol–water partition coefficient (Wildman–Crippen LogP) is 9.91. The minimum absolute atomic E-state index is 0.343. The first-order valence-electron chi connectivity index (χ1n) is 11.1. The summed E-state index contributed by atoms with van der Waals surface area (Å²) in [6, 6.07) is 0. The number of aliphatic carboxylic acids is 1. The van der Waals surface area contributed by atoms with Gasteiger partial charge in [0.25, 0.3) is 0 Å². The minimum Gasteiger partial charge on any atom is -0.481 e. The van der Waals surface area contributed by atoms with Crippen molar-refractivity contribution in [3.05, 3.63) is 0 Å². The van der Waals surface area contributed by atoms with Crippen LogP contribution in [0.4, 0.5) is 79.0 Å². The van der Waals surface area contributed by atoms with Crippen LogP contribution >= 0.6 is 0 Å². The highest BCUT2D eigenvalue weighted by atomic mass is 19.4. The predicted molar refractivity (Wildman–Crippen MR) is 101 cm³/mol. The highest BCUT2D eigenvalue weighted by Gasteiger charge is 2.95. The maximum Gasteiger partial charge on any atom is 0.460 e. The van der Waals surface area contributed by atoms with Gasteiger partial charge in [-0.05, 0) is 6.42 Å². The van der Waals surface area contributed by atoms with E-state index in [1.807, 2.05) is 0 Å². The van der Waals surface area contributed by atoms with E-state index < -0.39 is 53.9 Å². The molecule has 0 aromatic heterocycles. The Kier molecular flexibility index (Phi) is 14.0. The Hall–Kier alpha value is -1.79. The molecule has 0 atom stereocenters. The maximum absolute atomic E-state index is 12.8. The van der Waals surface area contributed by atoms with Crippen LogP contribution in [0.2, 0.25) is 0 Å². The molecule has 0 unspecified atom stereocenters. The van der Waals surface area contributed by atoms with E-state index in [4.69, 9.17) is 5.11 Å². The van der Waals surface area contributed by atoms with Crippen molar-refractivity contribution in [1.29, 1.82) is 0 Å². The second-order valence-corrected chi connectivity index (χ2v) is 8.41. The third-order valence-corrected chi connectivity index (χ3v) is 5.18. The van der Waals surface area contributed by atoms with Crippen LogP contribution in [0.3, 0.4) is 0 Å². The molecule has 0 bridgehead atoms. The quantitative estimate of drug-likeness (QED) is 0.143. The van der Waals surface area contributed by atoms with E-state index in [1.165, 1.54) is 44.9 Å². The molecule has 0 aliphatic heterocycles. The molecule has 1 N–H and O–H groups in total. The smallest absolute Gasteiger partial charge is 0.460 e. The van der Waals surface area contributed by atoms with Crippen LogP contribution in [0.5, 0.6) is 0 Å². The van der Waals surface area contributed by atoms with Crippen molar-refractivity contribution < 1.29 is 88.9 Å². The average Bonchev–Trinajstić information content (AvgIpc) is 2.76. The lowest BCUT2D eigenvalue weighted by Crippen LogP contribution is -2.74. The fourth-order valence-electron chi connectivity index (χ4n) is 2.73. The van der Waals surface area contributed by atoms with Gasteiger partial charge < -0.3 is 5.11 Å². The molecule has 0 fully saturated rings. The van der Waals surface area contributed by atoms with Crippen molar-refractivity contribution in [2.75, 3.05) is 0 Å². The van der Waals surface area contributed by atoms with Crippen molar-refractivity contribution in [2.24, 2.45) is 0 Å². The Morgan fingerprint density at radius 3 is 0.875 bits per heavy atom. The van der Waals surface area contributed by atoms with Crippen LogP contribution in [0, 0.1) is 0 Å². The number of halogens is 18. The number of hydrogen-bond donors (Lipinski definition) is 1. The fraction of sp³-hybridized carbons (Fsp3) is 0.950. The van der Waals surface area contributed by atoms with Gasteiger partial charge in [0.05, 0.1) is 0 Å². The molecular formula is C20H24F18O2. The Balaban J connectivity index is 0. The van der Waals surface area contributed by atoms with Crippen LogP contribution in [0.1, 0.15) is 71.1 Å². The van der Waals surface area contributed by atoms with Crippen molar-refractivity contribution >= 4 is 5.97 Å². The molecule has 0 amide bonds. The molecule has 0 saturated heterocycles. The highest BCUT2D eigenvalue weighted by molar-refractivity contribution is 5.66. The third-order valence-electron chi connectivity index (χ3n) is 5.18. The summed E-state index contributed by atoms with van der Waals surface area (Å²) in [5, 5.41) is 8.41. The molecule has 0 aliphatic carbocycles. The van der Waals surface area contributed by atoms with Crippen LogP contribution in [-0.4, -0.2) is 59.0 Å². The molecule has 0 saturated carbocycles. The van der Waals surface area contributed by atoms with E-state index in [1.54, 1.807) is 0 Å². The first-order chi connectivity index (χ1) is 17.5. The minimum atomic E-state index is -8.72. The van der Waals surface area contributed by atoms with E-state index in [0.717, 1.165) is 12.8 Å². The van der Waals surface area contributed by atoms with E-state index in [-0.39, 0.29) is 0 Å². The largest absolute Gasteiger partial charge is 0.481 e. The summed E-state index contributed by atoms with van der Waals surface area (Å²) in [5.41, 5.74) is 0. The molecule has 0 spiro atoms. The van der Waals surface area contributed by atoms with E-state index >= 15 is 0 Å². The monoisotopic (exact) mass is 638 g/mol. The molecular weight excluding hydrogens is 614 g/mol. The van der Waals surface area contributed by atoms with Gasteiger partial charge in [0, 0.05) is 6.42 Å². The zero-order valence-electron chi connectivity index (χ0n) is 20.2. The number of unbranched alkanes of at least 4 members (excludes halogenated alkanes) is 8. The van der Waals surface area contributed by atoms with Crippen molar-refractivity contribution in [3.8, 4) is 0 Å². The first kappa shape index (κ1) is 40.3. The van der Waals surface area contributed by atoms with Gasteiger partial charge in [0.1, 0.15) is 0 Å². The number of carbonyl (C=O) groups is 1. The van der Waals surface area contributed by atoms with Gasteiger partial charge in [-0.2, -0.15) is 79.0 Å². The summed E-state index contributed by atoms with van der Waals surface area (Å²) in [6.07, 6.45) is -4.14. The second kappa shape index (κ2) is 13.9. The number of hydrogen-bond acceptors (Lipinski definition) is 1. The Labute approximate surface area is 215 Å². The van der Waals surface area contributed by atoms with Gasteiger partial charge in [0.15, 0.2) is 0 Å². The number of rotatable bonds is 15. The fourth-order valence-corrected chi connectivity index (χ4v) is 2.73. The lowest BCUT2D eigenvalue weighted by Gasteiger charge is -2.41. The van der Waals surface area contributed by atoms with Crippen molar-refractivity contribution in [2.45, 2.75) is 119 Å². The zero-order valence-corrected chi connectivity index (χ0v) is 20.2. The molecule has 40 heavy (non-hydrogen) atoms. The Bertz CT molecular complexity index is 722. The molecule has 242 valence electrons. The number of alkyl halides is 18. The van der Waals surface area contributed by atoms with E-state index in [9.17, 15) is 83.8 Å². The third kappa shape index (κ3) is 8.61. The number of carboxylic acid groups (broad SMARTS) is 1. The van der Waals surface area contributed by atoms with E-state index in [2.05, 4.69) is 6.92 Å². The second-order valence-electron chi connectivity index (χ2n) is 8.41. The summed E-state index contributed by atoms with van der Waals surface area (Å²) < 4.78 is 221. The average molecular weight is 638 g/mol. The van der Waals surface area contributed by atoms with Gasteiger partial charge >= 0.3 is 53.9 Å². The number of carboxylic acids is 1. The van der Waals surface area contributed by atoms with Crippen LogP contribution < -0.4 is 0 Å². The van der Waals surface area contributed by atoms with Crippen LogP contribution in [0.15, 0.2) is 0 Å². The lowest BCUT2D eigenvalue weighted by molar-refractivity contribution is -0.468. The van der Waals surface area contributed by atoms with Gasteiger partial charge in [-0.25, -0.2) is 0 Å². The van der Waals surface area contributed by atoms with Crippen molar-refractivity contribution in [1.82, 2.24) is 0 Å². The summed E-state index contributed by atoms with van der Waals surface area (Å²) in [4.78, 5) is 10.2. The molecule has 2 nitrogen and oxygen atoms in total. The Morgan fingerprint density at radius 2 is 0.650 bits per heavy atom. The zero-order chi connectivity index (χ0) is 32.6. The van der Waals surface area contributed by atoms with Gasteiger partial charge in [0.2, 0.25) is 0 Å². The lowest BCUT2D eigenvalue weighted by atomic mass is 9.91. The van der Waals surface area contributed by atoms with E-state index in [0.29, 0.717) is 6.42 Å². The topological polar surface area (TPSA) is 37.3 Å². The summed E-state index contributed by atoms with van der Waals surface area (Å²) in [6.45, 7) is 2.23. The van der Waals surface area contributed by atoms with Gasteiger partial charge in [-0.3, -0.25) is 4.79 Å². The van der Waals surface area contributed by atoms with Gasteiger partial charge in [-0.15, -0.1) is 0 Å². The van der Waals surface area contributed by atoms with Crippen LogP contribution in [-0.2, 0) is 4.79 Å². The van der Waals surface area contributed by atoms with Crippen LogP contribution in [0.25, 0.3) is 0 Å². The molecule has 0 aromatic carbocycles. The maximum atomic E-state index is 12.8. The van der Waals surface area contributed by atoms with Gasteiger partial charge in [-0.1, -0.05) is 58.3 Å². The Morgan fingerprint density at radius 1 is 0.425 bits per heavy atom. The molecule has 0 heterocycles. The molecule has 0 aliphatic rings. The van der Waals surface area contributed by atoms with Crippen molar-refractivity contribution in [3.63, 3.8) is 0 Å². The molecule has 0 radical (unpaired) electrons. The summed E-state index contributed by atoms with van der Waals surface area (Å²) in [7, 11) is 0. The highest BCUT2D eigenvalue weighted by Crippen LogP contribution is 2.64. The summed E-state index contributed by atoms with van der Waals surface area (Å²) >= 11 is 0. The first-order valence-corrected chi connectivity index (χ1v) is 11.1. The SMILES string of the molecule is CCCCCCCCCCCC(=O)O.FC(F)(F)C(F)(F)C(F)(F)C(F)(F)C(F)(F)C(F)(F)C(F)(F)C(F)(F)F. The standard InChI is InChI=1S/C12H24O2.C8F18/c1-2-3-4-5-6-7-8-9-10-11-12(13)14;9-1(10,3(13,14)5(17,18)7(21,22)23)2(11,12)4(15,16)6(19,20)8(24,25)26/h2-11H2,1H3,(H,13,14);.